The molecule has 3 rings (SSSR count). The van der Waals surface area contributed by atoms with Crippen LogP contribution in [0.1, 0.15) is 102 Å². The van der Waals surface area contributed by atoms with Gasteiger partial charge in [0.1, 0.15) is 0 Å². The van der Waals surface area contributed by atoms with E-state index in [-0.39, 0.29) is 8.80 Å². The minimum Gasteiger partial charge on any atom is -0.166 e. The first-order valence-corrected chi connectivity index (χ1v) is 15.4. The summed E-state index contributed by atoms with van der Waals surface area (Å²) in [6.07, 6.45) is 10.6. The van der Waals surface area contributed by atoms with E-state index in [9.17, 15) is 13.2 Å². The van der Waals surface area contributed by atoms with E-state index < -0.39 is 11.7 Å². The Hall–Kier alpha value is -0.773. The van der Waals surface area contributed by atoms with Crippen LogP contribution in [0, 0.1) is 17.8 Å². The lowest BCUT2D eigenvalue weighted by Gasteiger charge is -2.30. The summed E-state index contributed by atoms with van der Waals surface area (Å²) in [4.78, 5) is 0. The van der Waals surface area contributed by atoms with Crippen LogP contribution in [0.2, 0.25) is 18.1 Å². The van der Waals surface area contributed by atoms with Gasteiger partial charge in [-0.2, -0.15) is 13.2 Å². The maximum absolute atomic E-state index is 12.8. The first-order valence-electron chi connectivity index (χ1n) is 13.0. The molecule has 0 amide bonds. The fourth-order valence-corrected chi connectivity index (χ4v) is 9.86. The smallest absolute Gasteiger partial charge is 0.166 e. The molecule has 1 aromatic carbocycles. The van der Waals surface area contributed by atoms with E-state index in [4.69, 9.17) is 0 Å². The molecule has 1 aromatic rings. The summed E-state index contributed by atoms with van der Waals surface area (Å²) in [5, 5.41) is 0. The average molecular weight is 453 g/mol. The van der Waals surface area contributed by atoms with Gasteiger partial charge in [0.25, 0.3) is 0 Å². The van der Waals surface area contributed by atoms with Crippen LogP contribution in [0.3, 0.4) is 0 Å². The van der Waals surface area contributed by atoms with Gasteiger partial charge < -0.3 is 0 Å². The Kier molecular flexibility index (Phi) is 9.55. The lowest BCUT2D eigenvalue weighted by molar-refractivity contribution is -0.137. The van der Waals surface area contributed by atoms with Crippen molar-refractivity contribution in [1.29, 1.82) is 0 Å². The van der Waals surface area contributed by atoms with Crippen LogP contribution >= 0.6 is 0 Å². The van der Waals surface area contributed by atoms with Gasteiger partial charge in [0.15, 0.2) is 0 Å². The highest BCUT2D eigenvalue weighted by Crippen LogP contribution is 2.39. The molecule has 2 fully saturated rings. The van der Waals surface area contributed by atoms with Crippen LogP contribution < -0.4 is 0 Å². The molecule has 0 radical (unpaired) electrons. The first-order chi connectivity index (χ1) is 14.8. The molecule has 1 heterocycles. The molecule has 0 N–H and O–H groups in total. The van der Waals surface area contributed by atoms with Crippen LogP contribution in [-0.2, 0) is 6.18 Å². The summed E-state index contributed by atoms with van der Waals surface area (Å²) < 4.78 is 38.3. The molecule has 0 unspecified atom stereocenters. The average Bonchev–Trinajstić information content (AvgIpc) is 2.76. The number of hydrogen-bond acceptors (Lipinski definition) is 0. The minimum absolute atomic E-state index is 0.384. The SMILES string of the molecule is CC(C)CC[Si@H]1CC[C@H](CCCC[C@H]2CC[C@H](c3ccc(C(F)(F)F)cc3)CC2)CC1. The van der Waals surface area contributed by atoms with Crippen LogP contribution in [0.4, 0.5) is 13.2 Å². The fraction of sp³-hybridized carbons (Fsp3) is 0.778. The predicted molar refractivity (Wildman–Crippen MR) is 128 cm³/mol. The summed E-state index contributed by atoms with van der Waals surface area (Å²) in [6.45, 7) is 4.72. The Morgan fingerprint density at radius 3 is 1.90 bits per heavy atom. The van der Waals surface area contributed by atoms with Crippen LogP contribution in [0.5, 0.6) is 0 Å². The van der Waals surface area contributed by atoms with Crippen molar-refractivity contribution in [2.24, 2.45) is 17.8 Å². The van der Waals surface area contributed by atoms with E-state index in [1.165, 1.54) is 69.9 Å². The molecule has 31 heavy (non-hydrogen) atoms. The van der Waals surface area contributed by atoms with Crippen LogP contribution in [-0.4, -0.2) is 8.80 Å². The molecule has 0 spiro atoms. The molecule has 1 saturated heterocycles. The van der Waals surface area contributed by atoms with Gasteiger partial charge in [-0.05, 0) is 67.1 Å². The summed E-state index contributed by atoms with van der Waals surface area (Å²) in [5.74, 6) is 3.19. The molecule has 0 atom stereocenters. The standard InChI is InChI=1S/C27H43F3Si/c1-21(2)15-18-31-19-16-23(17-20-31)6-4-3-5-22-7-9-24(10-8-22)25-11-13-26(14-12-25)27(28,29)30/h11-14,21-24,31H,3-10,15-20H2,1-2H3/t22-,23-,24-,31-. The monoisotopic (exact) mass is 452 g/mol. The van der Waals surface area contributed by atoms with Gasteiger partial charge in [-0.25, -0.2) is 0 Å². The molecular weight excluding hydrogens is 409 g/mol. The molecule has 0 aromatic heterocycles. The number of hydrogen-bond donors (Lipinski definition) is 0. The Morgan fingerprint density at radius 1 is 0.839 bits per heavy atom. The molecule has 2 aliphatic rings. The second-order valence-electron chi connectivity index (χ2n) is 11.0. The Balaban J connectivity index is 1.27. The highest BCUT2D eigenvalue weighted by atomic mass is 28.3. The van der Waals surface area contributed by atoms with E-state index in [0.717, 1.165) is 36.2 Å². The van der Waals surface area contributed by atoms with Crippen molar-refractivity contribution in [2.75, 3.05) is 0 Å². The fourth-order valence-electron chi connectivity index (χ4n) is 5.97. The van der Waals surface area contributed by atoms with Crippen molar-refractivity contribution < 1.29 is 13.2 Å². The molecule has 176 valence electrons. The number of benzene rings is 1. The molecular formula is C27H43F3Si. The molecule has 0 nitrogen and oxygen atoms in total. The van der Waals surface area contributed by atoms with Gasteiger partial charge in [-0.1, -0.05) is 89.1 Å². The predicted octanol–water partition coefficient (Wildman–Crippen LogP) is 9.22. The van der Waals surface area contributed by atoms with Crippen molar-refractivity contribution in [1.82, 2.24) is 0 Å². The van der Waals surface area contributed by atoms with Gasteiger partial charge in [-0.15, -0.1) is 0 Å². The van der Waals surface area contributed by atoms with Gasteiger partial charge in [0.2, 0.25) is 0 Å². The summed E-state index contributed by atoms with van der Waals surface area (Å²) in [7, 11) is -0.384. The molecule has 1 aliphatic heterocycles. The highest BCUT2D eigenvalue weighted by molar-refractivity contribution is 6.58. The van der Waals surface area contributed by atoms with E-state index in [1.807, 2.05) is 0 Å². The summed E-state index contributed by atoms with van der Waals surface area (Å²) in [6, 6.07) is 10.7. The van der Waals surface area contributed by atoms with Crippen molar-refractivity contribution in [2.45, 2.75) is 115 Å². The van der Waals surface area contributed by atoms with Crippen molar-refractivity contribution in [3.63, 3.8) is 0 Å². The van der Waals surface area contributed by atoms with Gasteiger partial charge >= 0.3 is 6.18 Å². The lowest BCUT2D eigenvalue weighted by atomic mass is 9.77. The van der Waals surface area contributed by atoms with Crippen LogP contribution in [0.25, 0.3) is 0 Å². The Labute approximate surface area is 190 Å². The Morgan fingerprint density at radius 2 is 1.39 bits per heavy atom. The molecule has 1 saturated carbocycles. The van der Waals surface area contributed by atoms with Gasteiger partial charge in [0, 0.05) is 8.80 Å². The van der Waals surface area contributed by atoms with Crippen molar-refractivity contribution >= 4 is 8.80 Å². The zero-order chi connectivity index (χ0) is 22.3. The highest BCUT2D eigenvalue weighted by Gasteiger charge is 2.30. The maximum atomic E-state index is 12.8. The maximum Gasteiger partial charge on any atom is 0.416 e. The molecule has 1 aliphatic carbocycles. The van der Waals surface area contributed by atoms with E-state index in [1.54, 1.807) is 30.3 Å². The molecule has 4 heteroatoms. The van der Waals surface area contributed by atoms with Crippen molar-refractivity contribution in [3.8, 4) is 0 Å². The third-order valence-corrected chi connectivity index (χ3v) is 11.6. The third-order valence-electron chi connectivity index (χ3n) is 8.15. The normalized spacial score (nSPS) is 27.5. The quantitative estimate of drug-likeness (QED) is 0.259. The number of rotatable bonds is 9. The lowest BCUT2D eigenvalue weighted by Crippen LogP contribution is -2.21. The van der Waals surface area contributed by atoms with Crippen LogP contribution in [0.15, 0.2) is 24.3 Å². The van der Waals surface area contributed by atoms with Crippen molar-refractivity contribution in [3.05, 3.63) is 35.4 Å². The number of alkyl halides is 3. The minimum atomic E-state index is -4.23. The van der Waals surface area contributed by atoms with E-state index >= 15 is 0 Å². The van der Waals surface area contributed by atoms with Gasteiger partial charge in [0.05, 0.1) is 5.56 Å². The summed E-state index contributed by atoms with van der Waals surface area (Å²) >= 11 is 0. The topological polar surface area (TPSA) is 0 Å². The Bertz CT molecular complexity index is 621. The second kappa shape index (κ2) is 11.9. The second-order valence-corrected chi connectivity index (χ2v) is 14.4. The van der Waals surface area contributed by atoms with E-state index in [2.05, 4.69) is 13.8 Å². The largest absolute Gasteiger partial charge is 0.416 e. The summed E-state index contributed by atoms with van der Waals surface area (Å²) in [5.41, 5.74) is 0.565. The van der Waals surface area contributed by atoms with Gasteiger partial charge in [-0.3, -0.25) is 0 Å². The number of halogens is 3. The molecule has 0 bridgehead atoms. The zero-order valence-electron chi connectivity index (χ0n) is 19.7. The third kappa shape index (κ3) is 8.26. The first kappa shape index (κ1) is 24.9. The number of unbranched alkanes of at least 4 members (excludes halogenated alkanes) is 1. The zero-order valence-corrected chi connectivity index (χ0v) is 20.9. The van der Waals surface area contributed by atoms with E-state index in [0.29, 0.717) is 5.92 Å².